The van der Waals surface area contributed by atoms with Crippen LogP contribution in [0.3, 0.4) is 0 Å². The van der Waals surface area contributed by atoms with Crippen molar-refractivity contribution in [1.29, 1.82) is 0 Å². The monoisotopic (exact) mass is 337 g/mol. The van der Waals surface area contributed by atoms with Crippen molar-refractivity contribution in [2.24, 2.45) is 21.8 Å². The molecule has 3 aliphatic heterocycles. The number of halogens is 1. The molecule has 0 radical (unpaired) electrons. The first-order chi connectivity index (χ1) is 10.3. The van der Waals surface area contributed by atoms with Gasteiger partial charge in [-0.05, 0) is 24.8 Å². The average Bonchev–Trinajstić information content (AvgIpc) is 3.13. The topological polar surface area (TPSA) is 53.8 Å². The van der Waals surface area contributed by atoms with Gasteiger partial charge < -0.3 is 5.32 Å². The van der Waals surface area contributed by atoms with Crippen molar-refractivity contribution in [3.8, 4) is 0 Å². The number of carbonyl (C=O) groups excluding carboxylic acids is 1. The zero-order chi connectivity index (χ0) is 14.3. The minimum absolute atomic E-state index is 0. The summed E-state index contributed by atoms with van der Waals surface area (Å²) in [5.74, 6) is 2.35. The van der Waals surface area contributed by atoms with Gasteiger partial charge in [0.25, 0.3) is 0 Å². The molecule has 4 aliphatic rings. The van der Waals surface area contributed by atoms with Crippen molar-refractivity contribution in [2.75, 3.05) is 18.8 Å². The highest BCUT2D eigenvalue weighted by Gasteiger charge is 2.54. The highest BCUT2D eigenvalue weighted by molar-refractivity contribution is 8.02. The third kappa shape index (κ3) is 2.44. The number of hydrogen-bond acceptors (Lipinski definition) is 4. The molecule has 22 heavy (non-hydrogen) atoms. The summed E-state index contributed by atoms with van der Waals surface area (Å²) in [6.07, 6.45) is 11.5. The molecule has 0 bridgehead atoms. The Morgan fingerprint density at radius 2 is 2.23 bits per heavy atom. The van der Waals surface area contributed by atoms with Crippen molar-refractivity contribution < 1.29 is 4.79 Å². The molecule has 1 saturated heterocycles. The Kier molecular flexibility index (Phi) is 4.46. The van der Waals surface area contributed by atoms with E-state index in [9.17, 15) is 4.79 Å². The van der Waals surface area contributed by atoms with E-state index < -0.39 is 0 Å². The van der Waals surface area contributed by atoms with Gasteiger partial charge >= 0.3 is 0 Å². The first-order valence-corrected chi connectivity index (χ1v) is 8.67. The van der Waals surface area contributed by atoms with E-state index in [-0.39, 0.29) is 29.0 Å². The van der Waals surface area contributed by atoms with Crippen LogP contribution in [0.25, 0.3) is 0 Å². The lowest BCUT2D eigenvalue weighted by Crippen LogP contribution is -2.47. The Morgan fingerprint density at radius 3 is 3.05 bits per heavy atom. The van der Waals surface area contributed by atoms with Gasteiger partial charge in [-0.15, -0.1) is 24.2 Å². The van der Waals surface area contributed by atoms with Crippen LogP contribution in [0.2, 0.25) is 0 Å². The Labute approximate surface area is 141 Å². The number of amides is 1. The van der Waals surface area contributed by atoms with E-state index in [1.54, 1.807) is 0 Å². The normalized spacial score (nSPS) is 35.1. The van der Waals surface area contributed by atoms with Crippen molar-refractivity contribution in [1.82, 2.24) is 5.32 Å². The van der Waals surface area contributed by atoms with Gasteiger partial charge in [0.15, 0.2) is 0 Å². The van der Waals surface area contributed by atoms with Gasteiger partial charge in [-0.2, -0.15) is 0 Å². The lowest BCUT2D eigenvalue weighted by molar-refractivity contribution is -0.124. The van der Waals surface area contributed by atoms with E-state index in [1.807, 2.05) is 17.8 Å². The number of nitrogens with one attached hydrogen (secondary N) is 1. The molecule has 0 aromatic rings. The second-order valence-corrected chi connectivity index (χ2v) is 7.31. The Balaban J connectivity index is 0.00000144. The number of amidine groups is 1. The molecule has 0 aromatic heterocycles. The first kappa shape index (κ1) is 15.8. The van der Waals surface area contributed by atoms with Crippen LogP contribution >= 0.6 is 24.2 Å². The van der Waals surface area contributed by atoms with Crippen molar-refractivity contribution in [3.63, 3.8) is 0 Å². The number of allylic oxidation sites excluding steroid dienone is 3. The minimum atomic E-state index is -0.0630. The van der Waals surface area contributed by atoms with Crippen LogP contribution in [0.4, 0.5) is 0 Å². The van der Waals surface area contributed by atoms with Gasteiger partial charge in [0.1, 0.15) is 5.84 Å². The molecule has 4 nitrogen and oxygen atoms in total. The van der Waals surface area contributed by atoms with Crippen LogP contribution in [0.1, 0.15) is 19.3 Å². The summed E-state index contributed by atoms with van der Waals surface area (Å²) in [6, 6.07) is 0. The van der Waals surface area contributed by atoms with Gasteiger partial charge in [0.2, 0.25) is 5.91 Å². The summed E-state index contributed by atoms with van der Waals surface area (Å²) >= 11 is 1.88. The highest BCUT2D eigenvalue weighted by atomic mass is 35.5. The van der Waals surface area contributed by atoms with Gasteiger partial charge in [-0.25, -0.2) is 0 Å². The second kappa shape index (κ2) is 6.20. The fourth-order valence-electron chi connectivity index (χ4n) is 3.80. The molecule has 4 rings (SSSR count). The number of carbonyl (C=O) groups is 1. The van der Waals surface area contributed by atoms with Crippen LogP contribution in [0.5, 0.6) is 0 Å². The summed E-state index contributed by atoms with van der Waals surface area (Å²) in [6.45, 7) is 1.69. The Morgan fingerprint density at radius 1 is 1.32 bits per heavy atom. The molecular weight excluding hydrogens is 318 g/mol. The molecular formula is C16H20ClN3OS. The predicted molar refractivity (Wildman–Crippen MR) is 94.3 cm³/mol. The average molecular weight is 338 g/mol. The maximum absolute atomic E-state index is 12.6. The maximum atomic E-state index is 12.6. The van der Waals surface area contributed by atoms with Crippen molar-refractivity contribution >= 4 is 41.6 Å². The number of nitrogens with zero attached hydrogens (tertiary/aromatic N) is 2. The van der Waals surface area contributed by atoms with Crippen LogP contribution in [0.15, 0.2) is 34.3 Å². The molecule has 6 heteroatoms. The Bertz CT molecular complexity index is 598. The fourth-order valence-corrected chi connectivity index (χ4v) is 5.59. The van der Waals surface area contributed by atoms with E-state index in [1.165, 1.54) is 0 Å². The molecule has 1 spiro atoms. The summed E-state index contributed by atoms with van der Waals surface area (Å²) in [5, 5.41) is 3.06. The van der Waals surface area contributed by atoms with Gasteiger partial charge in [0, 0.05) is 25.3 Å². The van der Waals surface area contributed by atoms with E-state index in [0.717, 1.165) is 49.7 Å². The first-order valence-electron chi connectivity index (χ1n) is 7.68. The zero-order valence-corrected chi connectivity index (χ0v) is 14.0. The fraction of sp³-hybridized carbons (Fsp3) is 0.562. The van der Waals surface area contributed by atoms with Crippen LogP contribution in [0, 0.1) is 11.8 Å². The van der Waals surface area contributed by atoms with Crippen LogP contribution < -0.4 is 5.32 Å². The zero-order valence-electron chi connectivity index (χ0n) is 12.3. The molecule has 1 fully saturated rings. The summed E-state index contributed by atoms with van der Waals surface area (Å²) in [5.41, 5.74) is 1.15. The van der Waals surface area contributed by atoms with E-state index in [4.69, 9.17) is 0 Å². The van der Waals surface area contributed by atoms with Crippen molar-refractivity contribution in [3.05, 3.63) is 24.3 Å². The van der Waals surface area contributed by atoms with Gasteiger partial charge in [-0.3, -0.25) is 14.8 Å². The molecule has 1 aliphatic carbocycles. The summed E-state index contributed by atoms with van der Waals surface area (Å²) in [7, 11) is 0. The second-order valence-electron chi connectivity index (χ2n) is 6.01. The third-order valence-electron chi connectivity index (χ3n) is 4.85. The molecule has 3 unspecified atom stereocenters. The van der Waals surface area contributed by atoms with E-state index >= 15 is 0 Å². The minimum Gasteiger partial charge on any atom is -0.314 e. The number of hydrogen-bond donors (Lipinski definition) is 1. The standard InChI is InChI=1S/C16H19N3OS.ClH/c20-15(19-14-5-3-8-18-14)11-10-21-16-7-2-1-4-13(16)17-9-6-12(11)16;/h1-2,4,7,11-12H,3,5-6,8-10H2,(H,18,19,20);1H. The Hall–Kier alpha value is -1.07. The molecule has 1 amide bonds. The number of rotatable bonds is 1. The predicted octanol–water partition coefficient (Wildman–Crippen LogP) is 2.41. The summed E-state index contributed by atoms with van der Waals surface area (Å²) in [4.78, 5) is 21.7. The molecule has 0 saturated carbocycles. The van der Waals surface area contributed by atoms with Crippen molar-refractivity contribution in [2.45, 2.75) is 24.0 Å². The quantitative estimate of drug-likeness (QED) is 0.798. The van der Waals surface area contributed by atoms with Crippen LogP contribution in [-0.4, -0.2) is 41.0 Å². The SMILES string of the molecule is Cl.O=C(NC1=NCCC1)C1CSC23C=CC=CC2=NCCC13. The van der Waals surface area contributed by atoms with E-state index in [2.05, 4.69) is 33.5 Å². The lowest BCUT2D eigenvalue weighted by atomic mass is 9.74. The molecule has 1 N–H and O–H groups in total. The smallest absolute Gasteiger partial charge is 0.229 e. The number of thioether (sulfide) groups is 1. The molecule has 3 heterocycles. The third-order valence-corrected chi connectivity index (χ3v) is 6.50. The largest absolute Gasteiger partial charge is 0.314 e. The lowest BCUT2D eigenvalue weighted by Gasteiger charge is -2.38. The number of aliphatic imine (C=N–C) groups is 2. The highest BCUT2D eigenvalue weighted by Crippen LogP contribution is 2.52. The maximum Gasteiger partial charge on any atom is 0.229 e. The van der Waals surface area contributed by atoms with E-state index in [0.29, 0.717) is 5.92 Å². The van der Waals surface area contributed by atoms with Crippen LogP contribution in [-0.2, 0) is 4.79 Å². The van der Waals surface area contributed by atoms with Gasteiger partial charge in [-0.1, -0.05) is 18.2 Å². The molecule has 0 aromatic carbocycles. The van der Waals surface area contributed by atoms with Gasteiger partial charge in [0.05, 0.1) is 16.4 Å². The summed E-state index contributed by atoms with van der Waals surface area (Å²) < 4.78 is -0.0630. The molecule has 3 atom stereocenters. The molecule has 118 valence electrons.